The summed E-state index contributed by atoms with van der Waals surface area (Å²) in [6.45, 7) is 4.39. The van der Waals surface area contributed by atoms with Crippen LogP contribution < -0.4 is 5.32 Å². The summed E-state index contributed by atoms with van der Waals surface area (Å²) in [5.74, 6) is 0. The number of rotatable bonds is 6. The Bertz CT molecular complexity index is 251. The van der Waals surface area contributed by atoms with Crippen LogP contribution >= 0.6 is 15.9 Å². The Morgan fingerprint density at radius 2 is 2.29 bits per heavy atom. The zero-order chi connectivity index (χ0) is 10.4. The van der Waals surface area contributed by atoms with E-state index >= 15 is 0 Å². The highest BCUT2D eigenvalue weighted by Gasteiger charge is 2.04. The van der Waals surface area contributed by atoms with E-state index in [1.165, 1.54) is 12.1 Å². The van der Waals surface area contributed by atoms with Gasteiger partial charge in [-0.25, -0.2) is 0 Å². The molecular formula is C10H18BrN3. The fourth-order valence-corrected chi connectivity index (χ4v) is 1.95. The molecule has 0 aliphatic rings. The zero-order valence-electron chi connectivity index (χ0n) is 8.89. The Labute approximate surface area is 94.0 Å². The minimum absolute atomic E-state index is 1.08. The molecular weight excluding hydrogens is 242 g/mol. The first-order valence-electron chi connectivity index (χ1n) is 5.12. The molecule has 1 N–H and O–H groups in total. The van der Waals surface area contributed by atoms with E-state index < -0.39 is 0 Å². The highest BCUT2D eigenvalue weighted by atomic mass is 79.9. The molecule has 3 nitrogen and oxygen atoms in total. The van der Waals surface area contributed by atoms with Gasteiger partial charge in [-0.2, -0.15) is 5.10 Å². The first-order valence-corrected chi connectivity index (χ1v) is 5.92. The van der Waals surface area contributed by atoms with Gasteiger partial charge in [0.15, 0.2) is 0 Å². The van der Waals surface area contributed by atoms with Crippen molar-refractivity contribution in [1.82, 2.24) is 15.1 Å². The molecule has 80 valence electrons. The van der Waals surface area contributed by atoms with Gasteiger partial charge in [-0.05, 0) is 48.3 Å². The summed E-state index contributed by atoms with van der Waals surface area (Å²) < 4.78 is 3.06. The maximum Gasteiger partial charge on any atom is 0.0635 e. The van der Waals surface area contributed by atoms with Gasteiger partial charge in [0.1, 0.15) is 0 Å². The van der Waals surface area contributed by atoms with Gasteiger partial charge in [0, 0.05) is 7.05 Å². The van der Waals surface area contributed by atoms with Crippen LogP contribution in [0.1, 0.15) is 25.5 Å². The molecule has 1 aromatic heterocycles. The lowest BCUT2D eigenvalue weighted by molar-refractivity contribution is 0.617. The summed E-state index contributed by atoms with van der Waals surface area (Å²) in [6.07, 6.45) is 5.30. The second-order valence-electron chi connectivity index (χ2n) is 3.42. The smallest absolute Gasteiger partial charge is 0.0635 e. The van der Waals surface area contributed by atoms with Crippen molar-refractivity contribution in [2.24, 2.45) is 7.05 Å². The van der Waals surface area contributed by atoms with Gasteiger partial charge < -0.3 is 5.32 Å². The fraction of sp³-hybridized carbons (Fsp3) is 0.700. The molecule has 0 aliphatic carbocycles. The van der Waals surface area contributed by atoms with Gasteiger partial charge in [0.25, 0.3) is 0 Å². The van der Waals surface area contributed by atoms with Gasteiger partial charge in [0.2, 0.25) is 0 Å². The summed E-state index contributed by atoms with van der Waals surface area (Å²) in [6, 6.07) is 0. The molecule has 0 aromatic carbocycles. The molecule has 0 aliphatic heterocycles. The van der Waals surface area contributed by atoms with Crippen LogP contribution in [0, 0.1) is 0 Å². The number of halogens is 1. The number of aryl methyl sites for hydroxylation is 1. The SMILES string of the molecule is CCCNCCCc1c(Br)cnn1C. The summed E-state index contributed by atoms with van der Waals surface area (Å²) >= 11 is 3.50. The number of nitrogens with one attached hydrogen (secondary N) is 1. The molecule has 14 heavy (non-hydrogen) atoms. The van der Waals surface area contributed by atoms with E-state index in [2.05, 4.69) is 33.3 Å². The number of hydrogen-bond donors (Lipinski definition) is 1. The normalized spacial score (nSPS) is 10.8. The van der Waals surface area contributed by atoms with E-state index in [0.29, 0.717) is 0 Å². The number of nitrogens with zero attached hydrogens (tertiary/aromatic N) is 2. The molecule has 1 aromatic rings. The lowest BCUT2D eigenvalue weighted by atomic mass is 10.2. The Kier molecular flexibility index (Phi) is 5.19. The van der Waals surface area contributed by atoms with Gasteiger partial charge in [-0.1, -0.05) is 6.92 Å². The minimum Gasteiger partial charge on any atom is -0.317 e. The molecule has 1 rings (SSSR count). The highest BCUT2D eigenvalue weighted by Crippen LogP contribution is 2.16. The predicted octanol–water partition coefficient (Wildman–Crippen LogP) is 2.11. The third kappa shape index (κ3) is 3.42. The van der Waals surface area contributed by atoms with Gasteiger partial charge >= 0.3 is 0 Å². The molecule has 4 heteroatoms. The summed E-state index contributed by atoms with van der Waals surface area (Å²) in [7, 11) is 1.99. The van der Waals surface area contributed by atoms with Crippen LogP contribution in [0.15, 0.2) is 10.7 Å². The highest BCUT2D eigenvalue weighted by molar-refractivity contribution is 9.10. The average Bonchev–Trinajstić information content (AvgIpc) is 2.48. The van der Waals surface area contributed by atoms with Crippen molar-refractivity contribution in [2.45, 2.75) is 26.2 Å². The van der Waals surface area contributed by atoms with E-state index in [1.807, 2.05) is 17.9 Å². The summed E-state index contributed by atoms with van der Waals surface area (Å²) in [5.41, 5.74) is 1.28. The molecule has 0 atom stereocenters. The molecule has 0 spiro atoms. The maximum absolute atomic E-state index is 4.18. The largest absolute Gasteiger partial charge is 0.317 e. The molecule has 0 radical (unpaired) electrons. The van der Waals surface area contributed by atoms with Crippen LogP contribution in [0.2, 0.25) is 0 Å². The zero-order valence-corrected chi connectivity index (χ0v) is 10.5. The van der Waals surface area contributed by atoms with Crippen LogP contribution in [0.3, 0.4) is 0 Å². The Hall–Kier alpha value is -0.350. The van der Waals surface area contributed by atoms with Crippen LogP contribution in [-0.2, 0) is 13.5 Å². The maximum atomic E-state index is 4.18. The third-order valence-corrected chi connectivity index (χ3v) is 2.87. The molecule has 0 saturated carbocycles. The quantitative estimate of drug-likeness (QED) is 0.794. The van der Waals surface area contributed by atoms with Crippen molar-refractivity contribution in [3.8, 4) is 0 Å². The van der Waals surface area contributed by atoms with Crippen molar-refractivity contribution < 1.29 is 0 Å². The molecule has 0 fully saturated rings. The van der Waals surface area contributed by atoms with Gasteiger partial charge in [0.05, 0.1) is 16.4 Å². The van der Waals surface area contributed by atoms with Crippen molar-refractivity contribution in [2.75, 3.05) is 13.1 Å². The van der Waals surface area contributed by atoms with Crippen molar-refractivity contribution >= 4 is 15.9 Å². The van der Waals surface area contributed by atoms with Gasteiger partial charge in [-0.3, -0.25) is 4.68 Å². The van der Waals surface area contributed by atoms with E-state index in [0.717, 1.165) is 30.4 Å². The second kappa shape index (κ2) is 6.19. The van der Waals surface area contributed by atoms with Crippen molar-refractivity contribution in [1.29, 1.82) is 0 Å². The summed E-state index contributed by atoms with van der Waals surface area (Å²) in [5, 5.41) is 7.57. The topological polar surface area (TPSA) is 29.9 Å². The molecule has 0 saturated heterocycles. The van der Waals surface area contributed by atoms with E-state index in [9.17, 15) is 0 Å². The number of aromatic nitrogens is 2. The van der Waals surface area contributed by atoms with Crippen LogP contribution in [0.25, 0.3) is 0 Å². The molecule has 1 heterocycles. The van der Waals surface area contributed by atoms with Crippen LogP contribution in [0.5, 0.6) is 0 Å². The standard InChI is InChI=1S/C10H18BrN3/c1-3-6-12-7-4-5-10-9(11)8-13-14(10)2/h8,12H,3-7H2,1-2H3. The Morgan fingerprint density at radius 1 is 1.50 bits per heavy atom. The lowest BCUT2D eigenvalue weighted by Crippen LogP contribution is -2.16. The molecule has 0 amide bonds. The van der Waals surface area contributed by atoms with Gasteiger partial charge in [-0.15, -0.1) is 0 Å². The predicted molar refractivity (Wildman–Crippen MR) is 62.4 cm³/mol. The third-order valence-electron chi connectivity index (χ3n) is 2.20. The van der Waals surface area contributed by atoms with Crippen molar-refractivity contribution in [3.63, 3.8) is 0 Å². The monoisotopic (exact) mass is 259 g/mol. The van der Waals surface area contributed by atoms with E-state index in [1.54, 1.807) is 0 Å². The number of hydrogen-bond acceptors (Lipinski definition) is 2. The summed E-state index contributed by atoms with van der Waals surface area (Å²) in [4.78, 5) is 0. The lowest BCUT2D eigenvalue weighted by Gasteiger charge is -2.04. The van der Waals surface area contributed by atoms with E-state index in [-0.39, 0.29) is 0 Å². The Morgan fingerprint density at radius 3 is 2.86 bits per heavy atom. The second-order valence-corrected chi connectivity index (χ2v) is 4.27. The van der Waals surface area contributed by atoms with E-state index in [4.69, 9.17) is 0 Å². The van der Waals surface area contributed by atoms with Crippen molar-refractivity contribution in [3.05, 3.63) is 16.4 Å². The van der Waals surface area contributed by atoms with Crippen LogP contribution in [0.4, 0.5) is 0 Å². The van der Waals surface area contributed by atoms with Crippen LogP contribution in [-0.4, -0.2) is 22.9 Å². The molecule has 0 bridgehead atoms. The minimum atomic E-state index is 1.08. The first kappa shape index (κ1) is 11.7. The Balaban J connectivity index is 2.24. The molecule has 0 unspecified atom stereocenters. The average molecular weight is 260 g/mol. The fourth-order valence-electron chi connectivity index (χ4n) is 1.40. The first-order chi connectivity index (χ1) is 6.75.